The highest BCUT2D eigenvalue weighted by molar-refractivity contribution is 6.46. The Morgan fingerprint density at radius 2 is 1.90 bits per heavy atom. The van der Waals surface area contributed by atoms with Crippen LogP contribution in [0.3, 0.4) is 0 Å². The van der Waals surface area contributed by atoms with Crippen LogP contribution in [0.2, 0.25) is 0 Å². The Bertz CT molecular complexity index is 1120. The number of halogens is 1. The molecule has 2 heterocycles. The van der Waals surface area contributed by atoms with E-state index in [0.717, 1.165) is 6.07 Å². The van der Waals surface area contributed by atoms with E-state index < -0.39 is 29.3 Å². The standard InChI is InChI=1S/C23H18FNO5/c1-29-18-10-9-15(12-17(18)24)21(26)19-20(14-6-3-2-4-7-14)25(23(28)22(19)27)13-16-8-5-11-30-16/h2-12,20,26H,13H2,1H3/t20-/m0/s1. The monoisotopic (exact) mass is 407 g/mol. The van der Waals surface area contributed by atoms with E-state index in [1.807, 2.05) is 0 Å². The molecule has 0 saturated carbocycles. The first kappa shape index (κ1) is 19.4. The second-order valence-electron chi connectivity index (χ2n) is 6.77. The quantitative estimate of drug-likeness (QED) is 0.392. The van der Waals surface area contributed by atoms with Gasteiger partial charge in [-0.25, -0.2) is 4.39 Å². The number of benzene rings is 2. The van der Waals surface area contributed by atoms with E-state index >= 15 is 0 Å². The van der Waals surface area contributed by atoms with Crippen LogP contribution in [0, 0.1) is 5.82 Å². The number of furan rings is 1. The first-order valence-electron chi connectivity index (χ1n) is 9.21. The van der Waals surface area contributed by atoms with Crippen LogP contribution in [0.25, 0.3) is 5.76 Å². The average molecular weight is 407 g/mol. The van der Waals surface area contributed by atoms with Gasteiger partial charge < -0.3 is 19.2 Å². The molecule has 152 valence electrons. The molecule has 0 radical (unpaired) electrons. The second kappa shape index (κ2) is 7.87. The lowest BCUT2D eigenvalue weighted by Gasteiger charge is -2.24. The minimum Gasteiger partial charge on any atom is -0.507 e. The molecule has 30 heavy (non-hydrogen) atoms. The number of carbonyl (C=O) groups is 2. The third kappa shape index (κ3) is 3.34. The predicted octanol–water partition coefficient (Wildman–Crippen LogP) is 4.05. The maximum atomic E-state index is 14.2. The van der Waals surface area contributed by atoms with E-state index in [1.165, 1.54) is 30.4 Å². The molecular weight excluding hydrogens is 389 g/mol. The fourth-order valence-electron chi connectivity index (χ4n) is 3.56. The van der Waals surface area contributed by atoms with Crippen molar-refractivity contribution in [2.24, 2.45) is 0 Å². The van der Waals surface area contributed by atoms with Crippen LogP contribution in [0.4, 0.5) is 4.39 Å². The second-order valence-corrected chi connectivity index (χ2v) is 6.77. The largest absolute Gasteiger partial charge is 0.507 e. The van der Waals surface area contributed by atoms with Gasteiger partial charge in [-0.2, -0.15) is 0 Å². The predicted molar refractivity (Wildman–Crippen MR) is 106 cm³/mol. The lowest BCUT2D eigenvalue weighted by molar-refractivity contribution is -0.140. The molecule has 1 N–H and O–H groups in total. The Kier molecular flexibility index (Phi) is 5.10. The maximum Gasteiger partial charge on any atom is 0.296 e. The topological polar surface area (TPSA) is 80.0 Å². The van der Waals surface area contributed by atoms with Crippen molar-refractivity contribution in [3.05, 3.63) is 95.2 Å². The number of rotatable bonds is 5. The molecule has 1 aliphatic heterocycles. The molecular formula is C23H18FNO5. The number of methoxy groups -OCH3 is 1. The number of aliphatic hydroxyl groups is 1. The zero-order valence-corrected chi connectivity index (χ0v) is 16.0. The first-order valence-corrected chi connectivity index (χ1v) is 9.21. The van der Waals surface area contributed by atoms with Gasteiger partial charge in [-0.1, -0.05) is 30.3 Å². The summed E-state index contributed by atoms with van der Waals surface area (Å²) in [5, 5.41) is 10.9. The molecule has 1 saturated heterocycles. The van der Waals surface area contributed by atoms with E-state index in [2.05, 4.69) is 0 Å². The highest BCUT2D eigenvalue weighted by atomic mass is 19.1. The number of Topliss-reactive ketones (excluding diaryl/α,β-unsaturated/α-hetero) is 1. The SMILES string of the molecule is COc1ccc(C(O)=C2C(=O)C(=O)N(Cc3ccco3)[C@H]2c2ccccc2)cc1F. The molecule has 3 aromatic rings. The summed E-state index contributed by atoms with van der Waals surface area (Å²) in [6, 6.07) is 15.2. The van der Waals surface area contributed by atoms with Gasteiger partial charge in [0.2, 0.25) is 0 Å². The van der Waals surface area contributed by atoms with Crippen molar-refractivity contribution in [2.45, 2.75) is 12.6 Å². The maximum absolute atomic E-state index is 14.2. The number of carbonyl (C=O) groups excluding carboxylic acids is 2. The van der Waals surface area contributed by atoms with Crippen molar-refractivity contribution < 1.29 is 28.2 Å². The summed E-state index contributed by atoms with van der Waals surface area (Å²) >= 11 is 0. The van der Waals surface area contributed by atoms with Crippen molar-refractivity contribution >= 4 is 17.4 Å². The lowest BCUT2D eigenvalue weighted by atomic mass is 9.95. The van der Waals surface area contributed by atoms with Crippen LogP contribution in [-0.4, -0.2) is 28.8 Å². The van der Waals surface area contributed by atoms with Gasteiger partial charge in [0.15, 0.2) is 11.6 Å². The molecule has 6 nitrogen and oxygen atoms in total. The number of hydrogen-bond acceptors (Lipinski definition) is 5. The van der Waals surface area contributed by atoms with Crippen molar-refractivity contribution in [3.8, 4) is 5.75 Å². The minimum atomic E-state index is -0.846. The molecule has 1 aromatic heterocycles. The average Bonchev–Trinajstić information content (AvgIpc) is 3.36. The van der Waals surface area contributed by atoms with E-state index in [0.29, 0.717) is 11.3 Å². The Morgan fingerprint density at radius 1 is 1.13 bits per heavy atom. The number of ether oxygens (including phenoxy) is 1. The van der Waals surface area contributed by atoms with Gasteiger partial charge in [0.1, 0.15) is 11.5 Å². The molecule has 0 unspecified atom stereocenters. The summed E-state index contributed by atoms with van der Waals surface area (Å²) in [7, 11) is 1.33. The number of hydrogen-bond donors (Lipinski definition) is 1. The Morgan fingerprint density at radius 3 is 2.53 bits per heavy atom. The van der Waals surface area contributed by atoms with Crippen LogP contribution >= 0.6 is 0 Å². The molecule has 1 aliphatic rings. The molecule has 1 atom stereocenters. The zero-order valence-electron chi connectivity index (χ0n) is 16.0. The van der Waals surface area contributed by atoms with Gasteiger partial charge in [0, 0.05) is 5.56 Å². The Hall–Kier alpha value is -3.87. The minimum absolute atomic E-state index is 0.00410. The summed E-state index contributed by atoms with van der Waals surface area (Å²) in [5.41, 5.74) is 0.603. The van der Waals surface area contributed by atoms with Crippen molar-refractivity contribution in [1.29, 1.82) is 0 Å². The molecule has 0 aliphatic carbocycles. The summed E-state index contributed by atoms with van der Waals surface area (Å²) in [5.74, 6) is -2.26. The number of ketones is 1. The highest BCUT2D eigenvalue weighted by Gasteiger charge is 2.46. The molecule has 0 spiro atoms. The summed E-state index contributed by atoms with van der Waals surface area (Å²) in [4.78, 5) is 27.1. The van der Waals surface area contributed by atoms with Crippen LogP contribution in [0.1, 0.15) is 22.9 Å². The van der Waals surface area contributed by atoms with Crippen LogP contribution < -0.4 is 4.74 Å². The number of nitrogens with zero attached hydrogens (tertiary/aromatic N) is 1. The summed E-state index contributed by atoms with van der Waals surface area (Å²) < 4.78 is 24.4. The number of aliphatic hydroxyl groups excluding tert-OH is 1. The van der Waals surface area contributed by atoms with Gasteiger partial charge in [-0.05, 0) is 35.9 Å². The third-order valence-corrected chi connectivity index (χ3v) is 4.99. The van der Waals surface area contributed by atoms with Gasteiger partial charge in [0.05, 0.1) is 31.5 Å². The van der Waals surface area contributed by atoms with Crippen molar-refractivity contribution in [2.75, 3.05) is 7.11 Å². The van der Waals surface area contributed by atoms with Crippen molar-refractivity contribution in [3.63, 3.8) is 0 Å². The fraction of sp³-hybridized carbons (Fsp3) is 0.130. The zero-order chi connectivity index (χ0) is 21.3. The lowest BCUT2D eigenvalue weighted by Crippen LogP contribution is -2.29. The van der Waals surface area contributed by atoms with E-state index in [4.69, 9.17) is 9.15 Å². The van der Waals surface area contributed by atoms with Gasteiger partial charge >= 0.3 is 0 Å². The highest BCUT2D eigenvalue weighted by Crippen LogP contribution is 2.40. The summed E-state index contributed by atoms with van der Waals surface area (Å²) in [6.07, 6.45) is 1.48. The van der Waals surface area contributed by atoms with Gasteiger partial charge in [-0.15, -0.1) is 0 Å². The molecule has 1 fully saturated rings. The molecule has 1 amide bonds. The summed E-state index contributed by atoms with van der Waals surface area (Å²) in [6.45, 7) is 0.0465. The third-order valence-electron chi connectivity index (χ3n) is 4.99. The van der Waals surface area contributed by atoms with E-state index in [-0.39, 0.29) is 23.4 Å². The van der Waals surface area contributed by atoms with Crippen LogP contribution in [-0.2, 0) is 16.1 Å². The first-order chi connectivity index (χ1) is 14.5. The van der Waals surface area contributed by atoms with E-state index in [9.17, 15) is 19.1 Å². The Balaban J connectivity index is 1.85. The normalized spacial score (nSPS) is 18.1. The molecule has 4 rings (SSSR count). The molecule has 2 aromatic carbocycles. The van der Waals surface area contributed by atoms with Crippen LogP contribution in [0.15, 0.2) is 76.9 Å². The van der Waals surface area contributed by atoms with Gasteiger partial charge in [-0.3, -0.25) is 9.59 Å². The van der Waals surface area contributed by atoms with E-state index in [1.54, 1.807) is 42.5 Å². The number of amides is 1. The number of likely N-dealkylation sites (tertiary alicyclic amines) is 1. The van der Waals surface area contributed by atoms with Gasteiger partial charge in [0.25, 0.3) is 11.7 Å². The Labute approximate surface area is 171 Å². The molecule has 0 bridgehead atoms. The fourth-order valence-corrected chi connectivity index (χ4v) is 3.56. The molecule has 7 heteroatoms. The van der Waals surface area contributed by atoms with Crippen LogP contribution in [0.5, 0.6) is 5.75 Å². The smallest absolute Gasteiger partial charge is 0.296 e. The van der Waals surface area contributed by atoms with Crippen molar-refractivity contribution in [1.82, 2.24) is 4.90 Å².